The summed E-state index contributed by atoms with van der Waals surface area (Å²) >= 11 is 1.64. The van der Waals surface area contributed by atoms with Gasteiger partial charge in [-0.15, -0.1) is 11.3 Å². The molecule has 1 N–H and O–H groups in total. The zero-order chi connectivity index (χ0) is 18.9. The van der Waals surface area contributed by atoms with Gasteiger partial charge in [0, 0.05) is 23.5 Å². The van der Waals surface area contributed by atoms with E-state index in [1.807, 2.05) is 41.2 Å². The molecule has 4 aromatic rings. The van der Waals surface area contributed by atoms with Crippen molar-refractivity contribution in [1.82, 2.24) is 19.2 Å². The van der Waals surface area contributed by atoms with Crippen molar-refractivity contribution in [2.24, 2.45) is 0 Å². The van der Waals surface area contributed by atoms with Crippen LogP contribution in [-0.2, 0) is 19.4 Å². The number of fused-ring (bicyclic) bond motifs is 2. The van der Waals surface area contributed by atoms with Crippen LogP contribution in [0.15, 0.2) is 49.1 Å². The second-order valence-electron chi connectivity index (χ2n) is 7.20. The van der Waals surface area contributed by atoms with Gasteiger partial charge in [-0.1, -0.05) is 12.5 Å². The number of aryl methyl sites for hydroxylation is 2. The highest BCUT2D eigenvalue weighted by atomic mass is 32.1. The minimum absolute atomic E-state index is 0.0506. The molecule has 1 aliphatic rings. The van der Waals surface area contributed by atoms with Crippen LogP contribution in [0.25, 0.3) is 5.65 Å². The Kier molecular flexibility index (Phi) is 4.44. The lowest BCUT2D eigenvalue weighted by atomic mass is 10.1. The summed E-state index contributed by atoms with van der Waals surface area (Å²) in [6.45, 7) is 0.560. The number of anilines is 1. The number of hydrogen-bond donors (Lipinski definition) is 1. The van der Waals surface area contributed by atoms with E-state index in [1.165, 1.54) is 29.7 Å². The number of nitrogens with zero attached hydrogens (tertiary/aromatic N) is 4. The number of amides is 1. The standard InChI is InChI=1S/C21H21N5OS/c27-21(19-10-15-6-2-1-3-7-18(15)28-19)24-16-11-22-26(13-16)14-17-12-25-9-5-4-8-20(25)23-17/h4-5,8-13H,1-3,6-7,14H2,(H,24,27). The molecule has 0 bridgehead atoms. The molecule has 1 amide bonds. The number of carbonyl (C=O) groups is 1. The Morgan fingerprint density at radius 3 is 3.04 bits per heavy atom. The number of hydrogen-bond acceptors (Lipinski definition) is 4. The second-order valence-corrected chi connectivity index (χ2v) is 8.34. The smallest absolute Gasteiger partial charge is 0.265 e. The van der Waals surface area contributed by atoms with Crippen LogP contribution in [0.3, 0.4) is 0 Å². The molecule has 0 saturated heterocycles. The molecule has 1 aliphatic carbocycles. The van der Waals surface area contributed by atoms with Crippen LogP contribution in [0.5, 0.6) is 0 Å². The Morgan fingerprint density at radius 1 is 1.18 bits per heavy atom. The van der Waals surface area contributed by atoms with Crippen LogP contribution < -0.4 is 5.32 Å². The summed E-state index contributed by atoms with van der Waals surface area (Å²) in [6, 6.07) is 7.99. The zero-order valence-corrected chi connectivity index (χ0v) is 16.3. The van der Waals surface area contributed by atoms with Crippen molar-refractivity contribution in [1.29, 1.82) is 0 Å². The first-order valence-corrected chi connectivity index (χ1v) is 10.4. The lowest BCUT2D eigenvalue weighted by Gasteiger charge is -2.00. The van der Waals surface area contributed by atoms with E-state index in [0.29, 0.717) is 12.2 Å². The molecule has 0 aromatic carbocycles. The van der Waals surface area contributed by atoms with Crippen LogP contribution in [0.4, 0.5) is 5.69 Å². The normalized spacial score (nSPS) is 14.0. The molecule has 0 aliphatic heterocycles. The molecule has 6 nitrogen and oxygen atoms in total. The lowest BCUT2D eigenvalue weighted by molar-refractivity contribution is 0.103. The molecule has 0 fully saturated rings. The number of aromatic nitrogens is 4. The van der Waals surface area contributed by atoms with Crippen LogP contribution >= 0.6 is 11.3 Å². The number of rotatable bonds is 4. The summed E-state index contributed by atoms with van der Waals surface area (Å²) in [5.74, 6) is -0.0506. The Labute approximate surface area is 166 Å². The van der Waals surface area contributed by atoms with Gasteiger partial charge in [0.25, 0.3) is 5.91 Å². The van der Waals surface area contributed by atoms with Crippen LogP contribution in [-0.4, -0.2) is 25.1 Å². The minimum atomic E-state index is -0.0506. The van der Waals surface area contributed by atoms with Gasteiger partial charge in [-0.2, -0.15) is 5.10 Å². The molecule has 4 aromatic heterocycles. The molecular weight excluding hydrogens is 370 g/mol. The maximum absolute atomic E-state index is 12.6. The van der Waals surface area contributed by atoms with Crippen molar-refractivity contribution >= 4 is 28.6 Å². The number of pyridine rings is 1. The van der Waals surface area contributed by atoms with Gasteiger partial charge >= 0.3 is 0 Å². The summed E-state index contributed by atoms with van der Waals surface area (Å²) in [4.78, 5) is 19.4. The van der Waals surface area contributed by atoms with Gasteiger partial charge in [-0.05, 0) is 49.4 Å². The first-order valence-electron chi connectivity index (χ1n) is 9.62. The molecule has 4 heterocycles. The number of imidazole rings is 1. The third kappa shape index (κ3) is 3.45. The quantitative estimate of drug-likeness (QED) is 0.531. The van der Waals surface area contributed by atoms with Crippen molar-refractivity contribution in [2.45, 2.75) is 38.6 Å². The van der Waals surface area contributed by atoms with Gasteiger partial charge in [0.1, 0.15) is 5.65 Å². The van der Waals surface area contributed by atoms with Crippen molar-refractivity contribution in [3.63, 3.8) is 0 Å². The van der Waals surface area contributed by atoms with E-state index in [1.54, 1.807) is 22.2 Å². The van der Waals surface area contributed by atoms with Crippen molar-refractivity contribution in [3.8, 4) is 0 Å². The van der Waals surface area contributed by atoms with Gasteiger partial charge in [0.15, 0.2) is 0 Å². The highest BCUT2D eigenvalue weighted by Crippen LogP contribution is 2.29. The summed E-state index contributed by atoms with van der Waals surface area (Å²) < 4.78 is 3.78. The Balaban J connectivity index is 1.27. The SMILES string of the molecule is O=C(Nc1cnn(Cc2cn3ccccc3n2)c1)c1cc2c(s1)CCCCC2. The van der Waals surface area contributed by atoms with E-state index >= 15 is 0 Å². The fourth-order valence-corrected chi connectivity index (χ4v) is 4.86. The number of carbonyl (C=O) groups excluding carboxylic acids is 1. The molecule has 0 atom stereocenters. The van der Waals surface area contributed by atoms with Crippen LogP contribution in [0, 0.1) is 0 Å². The molecule has 0 radical (unpaired) electrons. The first kappa shape index (κ1) is 17.2. The van der Waals surface area contributed by atoms with Crippen molar-refractivity contribution in [3.05, 3.63) is 70.1 Å². The van der Waals surface area contributed by atoms with Gasteiger partial charge < -0.3 is 9.72 Å². The number of nitrogens with one attached hydrogen (secondary N) is 1. The maximum atomic E-state index is 12.6. The first-order chi connectivity index (χ1) is 13.7. The average Bonchev–Trinajstić information content (AvgIpc) is 3.37. The third-order valence-corrected chi connectivity index (χ3v) is 6.34. The Bertz CT molecular complexity index is 1080. The fourth-order valence-electron chi connectivity index (χ4n) is 3.72. The Morgan fingerprint density at radius 2 is 2.11 bits per heavy atom. The van der Waals surface area contributed by atoms with E-state index in [9.17, 15) is 4.79 Å². The topological polar surface area (TPSA) is 64.2 Å². The largest absolute Gasteiger partial charge is 0.319 e. The number of thiophene rings is 1. The minimum Gasteiger partial charge on any atom is -0.319 e. The van der Waals surface area contributed by atoms with Gasteiger partial charge in [-0.3, -0.25) is 9.48 Å². The second kappa shape index (κ2) is 7.24. The predicted octanol–water partition coefficient (Wildman–Crippen LogP) is 4.16. The van der Waals surface area contributed by atoms with E-state index < -0.39 is 0 Å². The predicted molar refractivity (Wildman–Crippen MR) is 110 cm³/mol. The van der Waals surface area contributed by atoms with E-state index in [0.717, 1.165) is 29.1 Å². The molecule has 0 saturated carbocycles. The molecular formula is C21H21N5OS. The summed E-state index contributed by atoms with van der Waals surface area (Å²) in [5, 5.41) is 7.34. The van der Waals surface area contributed by atoms with Crippen molar-refractivity contribution < 1.29 is 4.79 Å². The lowest BCUT2D eigenvalue weighted by Crippen LogP contribution is -2.09. The van der Waals surface area contributed by atoms with E-state index in [4.69, 9.17) is 0 Å². The van der Waals surface area contributed by atoms with Crippen molar-refractivity contribution in [2.75, 3.05) is 5.32 Å². The molecule has 7 heteroatoms. The molecule has 0 unspecified atom stereocenters. The van der Waals surface area contributed by atoms with Crippen LogP contribution in [0.1, 0.15) is 45.1 Å². The maximum Gasteiger partial charge on any atom is 0.265 e. The van der Waals surface area contributed by atoms with E-state index in [-0.39, 0.29) is 5.91 Å². The highest BCUT2D eigenvalue weighted by molar-refractivity contribution is 7.14. The summed E-state index contributed by atoms with van der Waals surface area (Å²) in [6.07, 6.45) is 13.4. The molecule has 28 heavy (non-hydrogen) atoms. The third-order valence-electron chi connectivity index (χ3n) is 5.10. The van der Waals surface area contributed by atoms with Crippen LogP contribution in [0.2, 0.25) is 0 Å². The highest BCUT2D eigenvalue weighted by Gasteiger charge is 2.17. The fraction of sp³-hybridized carbons (Fsp3) is 0.286. The monoisotopic (exact) mass is 391 g/mol. The summed E-state index contributed by atoms with van der Waals surface area (Å²) in [5.41, 5.74) is 3.90. The molecule has 0 spiro atoms. The molecule has 142 valence electrons. The Hall–Kier alpha value is -2.93. The summed E-state index contributed by atoms with van der Waals surface area (Å²) in [7, 11) is 0. The molecule has 5 rings (SSSR count). The average molecular weight is 392 g/mol. The van der Waals surface area contributed by atoms with E-state index in [2.05, 4.69) is 21.5 Å². The van der Waals surface area contributed by atoms with Gasteiger partial charge in [0.05, 0.1) is 29.0 Å². The van der Waals surface area contributed by atoms with Gasteiger partial charge in [0.2, 0.25) is 0 Å². The van der Waals surface area contributed by atoms with Gasteiger partial charge in [-0.25, -0.2) is 4.98 Å². The zero-order valence-electron chi connectivity index (χ0n) is 15.5.